The molecular weight excluding hydrogens is 304 g/mol. The van der Waals surface area contributed by atoms with E-state index in [-0.39, 0.29) is 10.2 Å². The zero-order valence-corrected chi connectivity index (χ0v) is 12.6. The van der Waals surface area contributed by atoms with Gasteiger partial charge in [-0.15, -0.1) is 0 Å². The largest absolute Gasteiger partial charge is 0.389 e. The first-order valence-electron chi connectivity index (χ1n) is 6.01. The molecule has 3 N–H and O–H groups in total. The van der Waals surface area contributed by atoms with Gasteiger partial charge in [0.1, 0.15) is 4.99 Å². The van der Waals surface area contributed by atoms with Crippen LogP contribution in [-0.2, 0) is 10.0 Å². The first kappa shape index (κ1) is 14.6. The van der Waals surface area contributed by atoms with Crippen molar-refractivity contribution in [2.45, 2.75) is 30.9 Å². The summed E-state index contributed by atoms with van der Waals surface area (Å²) in [6, 6.07) is 4.78. The van der Waals surface area contributed by atoms with E-state index in [9.17, 15) is 8.42 Å². The molecule has 0 unspecified atom stereocenters. The molecule has 2 rings (SSSR count). The lowest BCUT2D eigenvalue weighted by atomic mass is 10.2. The van der Waals surface area contributed by atoms with Crippen LogP contribution in [0.25, 0.3) is 0 Å². The van der Waals surface area contributed by atoms with Gasteiger partial charge in [0.2, 0.25) is 10.0 Å². The van der Waals surface area contributed by atoms with Gasteiger partial charge in [0.15, 0.2) is 0 Å². The van der Waals surface area contributed by atoms with Crippen LogP contribution in [-0.4, -0.2) is 18.7 Å². The third-order valence-corrected chi connectivity index (χ3v) is 5.55. The molecule has 0 spiro atoms. The van der Waals surface area contributed by atoms with Gasteiger partial charge in [0.05, 0.1) is 10.9 Å². The normalized spacial score (nSPS) is 16.5. The molecule has 0 aromatic heterocycles. The highest BCUT2D eigenvalue weighted by Gasteiger charge is 2.29. The third kappa shape index (κ3) is 3.38. The Bertz CT molecular complexity index is 596. The second kappa shape index (κ2) is 5.64. The van der Waals surface area contributed by atoms with Gasteiger partial charge < -0.3 is 5.73 Å². The van der Waals surface area contributed by atoms with Crippen LogP contribution in [0, 0.1) is 0 Å². The summed E-state index contributed by atoms with van der Waals surface area (Å²) in [5.41, 5.74) is 6.43. The van der Waals surface area contributed by atoms with Crippen molar-refractivity contribution in [2.75, 3.05) is 4.72 Å². The molecule has 1 aromatic rings. The van der Waals surface area contributed by atoms with Crippen molar-refractivity contribution in [3.8, 4) is 0 Å². The number of nitrogens with one attached hydrogen (secondary N) is 1. The third-order valence-electron chi connectivity index (χ3n) is 3.24. The van der Waals surface area contributed by atoms with Crippen molar-refractivity contribution < 1.29 is 8.42 Å². The molecule has 0 radical (unpaired) electrons. The van der Waals surface area contributed by atoms with E-state index < -0.39 is 10.0 Å². The second-order valence-electron chi connectivity index (χ2n) is 4.61. The first-order chi connectivity index (χ1) is 8.90. The molecule has 1 aromatic carbocycles. The Kier molecular flexibility index (Phi) is 4.32. The molecule has 1 fully saturated rings. The van der Waals surface area contributed by atoms with Gasteiger partial charge in [-0.05, 0) is 31.0 Å². The Morgan fingerprint density at radius 2 is 2.00 bits per heavy atom. The van der Waals surface area contributed by atoms with Crippen LogP contribution in [0.15, 0.2) is 18.2 Å². The molecular formula is C12H15ClN2O2S2. The van der Waals surface area contributed by atoms with Crippen LogP contribution in [0.3, 0.4) is 0 Å². The van der Waals surface area contributed by atoms with E-state index in [0.29, 0.717) is 29.1 Å². The zero-order chi connectivity index (χ0) is 14.0. The number of halogens is 1. The highest BCUT2D eigenvalue weighted by Crippen LogP contribution is 2.28. The Labute approximate surface area is 123 Å². The van der Waals surface area contributed by atoms with E-state index in [1.54, 1.807) is 12.1 Å². The molecule has 104 valence electrons. The van der Waals surface area contributed by atoms with E-state index in [1.807, 2.05) is 0 Å². The quantitative estimate of drug-likeness (QED) is 0.837. The zero-order valence-electron chi connectivity index (χ0n) is 10.2. The van der Waals surface area contributed by atoms with Crippen LogP contribution in [0.1, 0.15) is 31.2 Å². The summed E-state index contributed by atoms with van der Waals surface area (Å²) >= 11 is 10.8. The summed E-state index contributed by atoms with van der Waals surface area (Å²) in [5, 5.41) is 0.0924. The molecule has 19 heavy (non-hydrogen) atoms. The molecule has 7 heteroatoms. The maximum absolute atomic E-state index is 12.3. The van der Waals surface area contributed by atoms with Gasteiger partial charge in [0, 0.05) is 10.6 Å². The summed E-state index contributed by atoms with van der Waals surface area (Å²) < 4.78 is 27.1. The second-order valence-corrected chi connectivity index (χ2v) is 7.44. The molecule has 0 aliphatic heterocycles. The van der Waals surface area contributed by atoms with Gasteiger partial charge in [-0.3, -0.25) is 4.72 Å². The van der Waals surface area contributed by atoms with E-state index in [0.717, 1.165) is 12.8 Å². The van der Waals surface area contributed by atoms with Crippen molar-refractivity contribution in [3.05, 3.63) is 28.8 Å². The lowest BCUT2D eigenvalue weighted by Gasteiger charge is -2.16. The maximum Gasteiger partial charge on any atom is 0.235 e. The van der Waals surface area contributed by atoms with Gasteiger partial charge in [-0.25, -0.2) is 8.42 Å². The monoisotopic (exact) mass is 318 g/mol. The first-order valence-corrected chi connectivity index (χ1v) is 8.34. The lowest BCUT2D eigenvalue weighted by Crippen LogP contribution is -2.26. The van der Waals surface area contributed by atoms with Crippen molar-refractivity contribution in [3.63, 3.8) is 0 Å². The topological polar surface area (TPSA) is 72.2 Å². The average molecular weight is 319 g/mol. The van der Waals surface area contributed by atoms with E-state index >= 15 is 0 Å². The maximum atomic E-state index is 12.3. The average Bonchev–Trinajstić information content (AvgIpc) is 2.81. The fourth-order valence-electron chi connectivity index (χ4n) is 2.25. The molecule has 4 nitrogen and oxygen atoms in total. The van der Waals surface area contributed by atoms with Gasteiger partial charge in [0.25, 0.3) is 0 Å². The SMILES string of the molecule is NC(=S)c1ccc(Cl)cc1NS(=O)(=O)C1CCCC1. The van der Waals surface area contributed by atoms with Gasteiger partial charge >= 0.3 is 0 Å². The van der Waals surface area contributed by atoms with Crippen LogP contribution in [0.4, 0.5) is 5.69 Å². The Balaban J connectivity index is 2.32. The molecule has 1 saturated carbocycles. The van der Waals surface area contributed by atoms with Crippen LogP contribution in [0.5, 0.6) is 0 Å². The number of rotatable bonds is 4. The van der Waals surface area contributed by atoms with Gasteiger partial charge in [-0.2, -0.15) is 0 Å². The minimum Gasteiger partial charge on any atom is -0.389 e. The Morgan fingerprint density at radius 1 is 1.37 bits per heavy atom. The summed E-state index contributed by atoms with van der Waals surface area (Å²) in [6.07, 6.45) is 3.28. The fraction of sp³-hybridized carbons (Fsp3) is 0.417. The van der Waals surface area contributed by atoms with Crippen molar-refractivity contribution in [1.82, 2.24) is 0 Å². The van der Waals surface area contributed by atoms with Crippen LogP contribution in [0.2, 0.25) is 5.02 Å². The number of nitrogens with two attached hydrogens (primary N) is 1. The highest BCUT2D eigenvalue weighted by molar-refractivity contribution is 7.93. The lowest BCUT2D eigenvalue weighted by molar-refractivity contribution is 0.585. The molecule has 1 aliphatic rings. The summed E-state index contributed by atoms with van der Waals surface area (Å²) in [5.74, 6) is 0. The van der Waals surface area contributed by atoms with E-state index in [1.165, 1.54) is 6.07 Å². The summed E-state index contributed by atoms with van der Waals surface area (Å²) in [6.45, 7) is 0. The highest BCUT2D eigenvalue weighted by atomic mass is 35.5. The molecule has 0 heterocycles. The molecule has 0 amide bonds. The number of sulfonamides is 1. The number of hydrogen-bond donors (Lipinski definition) is 2. The van der Waals surface area contributed by atoms with Crippen molar-refractivity contribution in [2.24, 2.45) is 5.73 Å². The Morgan fingerprint density at radius 3 is 2.58 bits per heavy atom. The Hall–Kier alpha value is -0.850. The minimum absolute atomic E-state index is 0.140. The van der Waals surface area contributed by atoms with Gasteiger partial charge in [-0.1, -0.05) is 36.7 Å². The number of anilines is 1. The molecule has 1 aliphatic carbocycles. The standard InChI is InChI=1S/C12H15ClN2O2S2/c13-8-5-6-10(12(14)18)11(7-8)15-19(16,17)9-3-1-2-4-9/h5-7,9,15H,1-4H2,(H2,14,18). The smallest absolute Gasteiger partial charge is 0.235 e. The van der Waals surface area contributed by atoms with E-state index in [4.69, 9.17) is 29.6 Å². The predicted molar refractivity (Wildman–Crippen MR) is 82.1 cm³/mol. The van der Waals surface area contributed by atoms with E-state index in [2.05, 4.69) is 4.72 Å². The number of benzene rings is 1. The minimum atomic E-state index is -3.41. The van der Waals surface area contributed by atoms with Crippen molar-refractivity contribution >= 4 is 44.5 Å². The molecule has 0 saturated heterocycles. The number of thiocarbonyl (C=S) groups is 1. The molecule has 0 atom stereocenters. The van der Waals surface area contributed by atoms with Crippen molar-refractivity contribution in [1.29, 1.82) is 0 Å². The number of hydrogen-bond acceptors (Lipinski definition) is 3. The molecule has 0 bridgehead atoms. The summed E-state index contributed by atoms with van der Waals surface area (Å²) in [4.78, 5) is 0.140. The summed E-state index contributed by atoms with van der Waals surface area (Å²) in [7, 11) is -3.41. The van der Waals surface area contributed by atoms with Crippen LogP contribution < -0.4 is 10.5 Å². The van der Waals surface area contributed by atoms with Crippen LogP contribution >= 0.6 is 23.8 Å². The predicted octanol–water partition coefficient (Wildman–Crippen LogP) is 2.66. The fourth-order valence-corrected chi connectivity index (χ4v) is 4.20.